The van der Waals surface area contributed by atoms with Crippen LogP contribution in [0.25, 0.3) is 16.7 Å². The lowest BCUT2D eigenvalue weighted by molar-refractivity contribution is -0.130. The standard InChI is InChI=1S/C29H24ClN7O/c1-18-27-28(31-17-32-29(27)37(34-18)24-6-4-3-5-7-24)33-23-14-10-20(11-15-23)25-16-26(36(35-25)19(2)38)21-8-12-22(30)13-9-21/h3-15,17,26H,16H2,1-2H3,(H,31,32,33). The van der Waals surface area contributed by atoms with Gasteiger partial charge in [0.15, 0.2) is 5.65 Å². The van der Waals surface area contributed by atoms with Gasteiger partial charge in [0.2, 0.25) is 5.91 Å². The van der Waals surface area contributed by atoms with Gasteiger partial charge in [-0.3, -0.25) is 4.79 Å². The van der Waals surface area contributed by atoms with Crippen molar-refractivity contribution in [3.05, 3.63) is 107 Å². The van der Waals surface area contributed by atoms with E-state index in [4.69, 9.17) is 16.7 Å². The number of carbonyl (C=O) groups is 1. The molecule has 3 heterocycles. The van der Waals surface area contributed by atoms with E-state index >= 15 is 0 Å². The zero-order valence-electron chi connectivity index (χ0n) is 20.8. The van der Waals surface area contributed by atoms with Crippen LogP contribution in [0, 0.1) is 6.92 Å². The average Bonchev–Trinajstić information content (AvgIpc) is 3.53. The van der Waals surface area contributed by atoms with E-state index in [9.17, 15) is 4.79 Å². The molecule has 0 saturated carbocycles. The minimum atomic E-state index is -0.156. The van der Waals surface area contributed by atoms with E-state index in [0.29, 0.717) is 17.3 Å². The molecule has 1 aliphatic rings. The monoisotopic (exact) mass is 521 g/mol. The van der Waals surface area contributed by atoms with E-state index in [-0.39, 0.29) is 11.9 Å². The lowest BCUT2D eigenvalue weighted by atomic mass is 9.98. The molecule has 1 unspecified atom stereocenters. The van der Waals surface area contributed by atoms with Crippen LogP contribution in [-0.2, 0) is 4.79 Å². The van der Waals surface area contributed by atoms with Gasteiger partial charge in [-0.1, -0.05) is 54.1 Å². The Balaban J connectivity index is 1.26. The molecule has 0 spiro atoms. The molecule has 38 heavy (non-hydrogen) atoms. The fourth-order valence-electron chi connectivity index (χ4n) is 4.76. The van der Waals surface area contributed by atoms with Gasteiger partial charge in [0.1, 0.15) is 12.1 Å². The predicted octanol–water partition coefficient (Wildman–Crippen LogP) is 6.22. The number of amides is 1. The van der Waals surface area contributed by atoms with Gasteiger partial charge in [-0.25, -0.2) is 19.7 Å². The molecular weight excluding hydrogens is 498 g/mol. The number of rotatable bonds is 5. The van der Waals surface area contributed by atoms with Gasteiger partial charge >= 0.3 is 0 Å². The second kappa shape index (κ2) is 9.72. The molecule has 188 valence electrons. The molecular formula is C29H24ClN7O. The molecule has 0 fully saturated rings. The van der Waals surface area contributed by atoms with E-state index < -0.39 is 0 Å². The summed E-state index contributed by atoms with van der Waals surface area (Å²) in [6.45, 7) is 3.49. The number of nitrogens with zero attached hydrogens (tertiary/aromatic N) is 6. The number of hydrogen-bond acceptors (Lipinski definition) is 6. The Morgan fingerprint density at radius 3 is 2.42 bits per heavy atom. The first kappa shape index (κ1) is 23.8. The first-order valence-electron chi connectivity index (χ1n) is 12.2. The summed E-state index contributed by atoms with van der Waals surface area (Å²) in [6.07, 6.45) is 2.17. The number of benzene rings is 3. The molecule has 0 aliphatic carbocycles. The molecule has 1 aliphatic heterocycles. The first-order chi connectivity index (χ1) is 18.5. The molecule has 3 aromatic carbocycles. The number of hydrazone groups is 1. The average molecular weight is 522 g/mol. The molecule has 6 rings (SSSR count). The Hall–Kier alpha value is -4.56. The third-order valence-corrected chi connectivity index (χ3v) is 6.86. The predicted molar refractivity (Wildman–Crippen MR) is 149 cm³/mol. The fourth-order valence-corrected chi connectivity index (χ4v) is 4.89. The van der Waals surface area contributed by atoms with Crippen molar-refractivity contribution in [1.82, 2.24) is 24.8 Å². The molecule has 0 bridgehead atoms. The number of fused-ring (bicyclic) bond motifs is 1. The van der Waals surface area contributed by atoms with Crippen molar-refractivity contribution in [2.75, 3.05) is 5.32 Å². The highest BCUT2D eigenvalue weighted by Gasteiger charge is 2.31. The van der Waals surface area contributed by atoms with Gasteiger partial charge in [-0.05, 0) is 54.4 Å². The van der Waals surface area contributed by atoms with Crippen LogP contribution < -0.4 is 5.32 Å². The number of aryl methyl sites for hydroxylation is 1. The largest absolute Gasteiger partial charge is 0.340 e. The number of halogens is 1. The number of carbonyl (C=O) groups excluding carboxylic acids is 1. The Morgan fingerprint density at radius 2 is 1.71 bits per heavy atom. The summed E-state index contributed by atoms with van der Waals surface area (Å²) in [4.78, 5) is 21.3. The summed E-state index contributed by atoms with van der Waals surface area (Å²) in [5.74, 6) is 0.587. The van der Waals surface area contributed by atoms with Crippen molar-refractivity contribution in [2.45, 2.75) is 26.3 Å². The molecule has 9 heteroatoms. The maximum Gasteiger partial charge on any atom is 0.240 e. The summed E-state index contributed by atoms with van der Waals surface area (Å²) < 4.78 is 1.83. The highest BCUT2D eigenvalue weighted by atomic mass is 35.5. The number of para-hydroxylation sites is 1. The van der Waals surface area contributed by atoms with Crippen LogP contribution in [-0.4, -0.2) is 36.4 Å². The minimum absolute atomic E-state index is 0.0996. The topological polar surface area (TPSA) is 88.3 Å². The van der Waals surface area contributed by atoms with E-state index in [1.54, 1.807) is 11.3 Å². The lowest BCUT2D eigenvalue weighted by Crippen LogP contribution is -2.24. The van der Waals surface area contributed by atoms with Crippen LogP contribution in [0.1, 0.15) is 36.2 Å². The van der Waals surface area contributed by atoms with Crippen molar-refractivity contribution in [3.8, 4) is 5.69 Å². The number of nitrogens with one attached hydrogen (secondary N) is 1. The van der Waals surface area contributed by atoms with Gasteiger partial charge in [-0.15, -0.1) is 0 Å². The van der Waals surface area contributed by atoms with Crippen LogP contribution in [0.15, 0.2) is 90.3 Å². The van der Waals surface area contributed by atoms with Crippen LogP contribution in [0.3, 0.4) is 0 Å². The van der Waals surface area contributed by atoms with Crippen molar-refractivity contribution < 1.29 is 4.79 Å². The van der Waals surface area contributed by atoms with Gasteiger partial charge in [-0.2, -0.15) is 10.2 Å². The summed E-state index contributed by atoms with van der Waals surface area (Å²) in [5.41, 5.74) is 6.20. The highest BCUT2D eigenvalue weighted by molar-refractivity contribution is 6.30. The van der Waals surface area contributed by atoms with Crippen molar-refractivity contribution in [3.63, 3.8) is 0 Å². The summed E-state index contributed by atoms with van der Waals surface area (Å²) in [7, 11) is 0. The second-order valence-electron chi connectivity index (χ2n) is 9.14. The quantitative estimate of drug-likeness (QED) is 0.296. The molecule has 2 aromatic heterocycles. The van der Waals surface area contributed by atoms with E-state index in [2.05, 4.69) is 20.4 Å². The third kappa shape index (κ3) is 4.39. The van der Waals surface area contributed by atoms with Gasteiger partial charge in [0.05, 0.1) is 28.5 Å². The van der Waals surface area contributed by atoms with E-state index in [1.807, 2.05) is 90.5 Å². The number of anilines is 2. The van der Waals surface area contributed by atoms with Crippen LogP contribution in [0.2, 0.25) is 5.02 Å². The molecule has 1 atom stereocenters. The molecule has 8 nitrogen and oxygen atoms in total. The summed E-state index contributed by atoms with van der Waals surface area (Å²) in [5, 5.41) is 15.8. The number of hydrogen-bond donors (Lipinski definition) is 1. The van der Waals surface area contributed by atoms with Crippen molar-refractivity contribution >= 4 is 45.8 Å². The van der Waals surface area contributed by atoms with Crippen LogP contribution in [0.4, 0.5) is 11.5 Å². The zero-order chi connectivity index (χ0) is 26.2. The second-order valence-corrected chi connectivity index (χ2v) is 9.57. The SMILES string of the molecule is CC(=O)N1N=C(c2ccc(Nc3ncnc4c3c(C)nn4-c3ccccc3)cc2)CC1c1ccc(Cl)cc1. The van der Waals surface area contributed by atoms with Crippen LogP contribution >= 0.6 is 11.6 Å². The smallest absolute Gasteiger partial charge is 0.240 e. The van der Waals surface area contributed by atoms with Gasteiger partial charge in [0.25, 0.3) is 0 Å². The van der Waals surface area contributed by atoms with Gasteiger partial charge < -0.3 is 5.32 Å². The lowest BCUT2D eigenvalue weighted by Gasteiger charge is -2.20. The van der Waals surface area contributed by atoms with Crippen LogP contribution in [0.5, 0.6) is 0 Å². The van der Waals surface area contributed by atoms with Gasteiger partial charge in [0, 0.05) is 24.1 Å². The Morgan fingerprint density at radius 1 is 0.974 bits per heavy atom. The Kier molecular flexibility index (Phi) is 6.09. The summed E-state index contributed by atoms with van der Waals surface area (Å²) >= 11 is 6.06. The van der Waals surface area contributed by atoms with E-state index in [1.165, 1.54) is 6.92 Å². The number of aromatic nitrogens is 4. The van der Waals surface area contributed by atoms with E-state index in [0.717, 1.165) is 44.9 Å². The molecule has 0 radical (unpaired) electrons. The molecule has 1 N–H and O–H groups in total. The molecule has 5 aromatic rings. The fraction of sp³-hybridized carbons (Fsp3) is 0.138. The Bertz CT molecular complexity index is 1660. The molecule has 1 amide bonds. The zero-order valence-corrected chi connectivity index (χ0v) is 21.6. The Labute approximate surface area is 224 Å². The molecule has 0 saturated heterocycles. The summed E-state index contributed by atoms with van der Waals surface area (Å²) in [6, 6.07) is 25.3. The van der Waals surface area contributed by atoms with Crippen molar-refractivity contribution in [2.24, 2.45) is 5.10 Å². The van der Waals surface area contributed by atoms with Crippen molar-refractivity contribution in [1.29, 1.82) is 0 Å². The maximum absolute atomic E-state index is 12.3. The maximum atomic E-state index is 12.3. The first-order valence-corrected chi connectivity index (χ1v) is 12.6. The normalized spacial score (nSPS) is 15.1. The minimum Gasteiger partial charge on any atom is -0.340 e. The highest BCUT2D eigenvalue weighted by Crippen LogP contribution is 2.34. The third-order valence-electron chi connectivity index (χ3n) is 6.61.